The minimum atomic E-state index is -4.59. The fourth-order valence-corrected chi connectivity index (χ4v) is 4.34. The maximum atomic E-state index is 13.2. The van der Waals surface area contributed by atoms with E-state index in [1.54, 1.807) is 12.1 Å². The summed E-state index contributed by atoms with van der Waals surface area (Å²) < 4.78 is 44.4. The van der Waals surface area contributed by atoms with Gasteiger partial charge in [-0.25, -0.2) is 14.6 Å². The standard InChI is InChI=1S/C26H21ClF3N3O3/c1-25(18-6-4-3-5-7-18)15-33(24(35)31-19-11-8-16(9-12-19)23(34)36-2)32-22(25)17-10-13-20(21(27)14-17)26(28,29)30/h3-14H,15H2,1-2H3,(H,31,35). The zero-order chi connectivity index (χ0) is 26.1. The first-order valence-electron chi connectivity index (χ1n) is 10.8. The molecule has 1 aliphatic heterocycles. The quantitative estimate of drug-likeness (QED) is 0.411. The van der Waals surface area contributed by atoms with Crippen molar-refractivity contribution in [2.75, 3.05) is 19.0 Å². The maximum absolute atomic E-state index is 13.2. The van der Waals surface area contributed by atoms with Crippen molar-refractivity contribution in [3.05, 3.63) is 100 Å². The lowest BCUT2D eigenvalue weighted by atomic mass is 9.76. The number of hydrogen-bond donors (Lipinski definition) is 1. The summed E-state index contributed by atoms with van der Waals surface area (Å²) in [4.78, 5) is 24.7. The van der Waals surface area contributed by atoms with Gasteiger partial charge in [-0.1, -0.05) is 48.0 Å². The Morgan fingerprint density at radius 2 is 1.72 bits per heavy atom. The van der Waals surface area contributed by atoms with Gasteiger partial charge in [-0.05, 0) is 48.9 Å². The first-order valence-corrected chi connectivity index (χ1v) is 11.2. The molecule has 1 atom stereocenters. The van der Waals surface area contributed by atoms with Gasteiger partial charge in [-0.2, -0.15) is 18.3 Å². The molecule has 0 aliphatic carbocycles. The molecule has 0 saturated carbocycles. The average molecular weight is 516 g/mol. The summed E-state index contributed by atoms with van der Waals surface area (Å²) in [6.45, 7) is 2.00. The summed E-state index contributed by atoms with van der Waals surface area (Å²) >= 11 is 5.98. The van der Waals surface area contributed by atoms with Gasteiger partial charge in [-0.15, -0.1) is 0 Å². The Morgan fingerprint density at radius 1 is 1.06 bits per heavy atom. The van der Waals surface area contributed by atoms with Gasteiger partial charge in [0.1, 0.15) is 0 Å². The number of rotatable bonds is 4. The predicted octanol–water partition coefficient (Wildman–Crippen LogP) is 6.36. The van der Waals surface area contributed by atoms with Crippen LogP contribution < -0.4 is 5.32 Å². The zero-order valence-corrected chi connectivity index (χ0v) is 20.0. The van der Waals surface area contributed by atoms with Crippen LogP contribution >= 0.6 is 11.6 Å². The molecule has 4 rings (SSSR count). The molecule has 36 heavy (non-hydrogen) atoms. The second-order valence-electron chi connectivity index (χ2n) is 8.40. The lowest BCUT2D eigenvalue weighted by Gasteiger charge is -2.27. The molecule has 6 nitrogen and oxygen atoms in total. The fraction of sp³-hybridized carbons (Fsp3) is 0.192. The number of methoxy groups -OCH3 is 1. The van der Waals surface area contributed by atoms with Crippen LogP contribution in [0.25, 0.3) is 0 Å². The molecule has 1 heterocycles. The van der Waals surface area contributed by atoms with Crippen molar-refractivity contribution in [2.24, 2.45) is 5.10 Å². The van der Waals surface area contributed by atoms with Crippen molar-refractivity contribution in [2.45, 2.75) is 18.5 Å². The van der Waals surface area contributed by atoms with E-state index >= 15 is 0 Å². The summed E-state index contributed by atoms with van der Waals surface area (Å²) in [5.41, 5.74) is 0.590. The summed E-state index contributed by atoms with van der Waals surface area (Å²) in [7, 11) is 1.27. The number of carbonyl (C=O) groups excluding carboxylic acids is 2. The summed E-state index contributed by atoms with van der Waals surface area (Å²) in [6.07, 6.45) is -4.59. The highest BCUT2D eigenvalue weighted by atomic mass is 35.5. The molecule has 0 spiro atoms. The third kappa shape index (κ3) is 4.92. The highest BCUT2D eigenvalue weighted by molar-refractivity contribution is 6.32. The number of alkyl halides is 3. The number of ether oxygens (including phenoxy) is 1. The van der Waals surface area contributed by atoms with E-state index < -0.39 is 34.2 Å². The molecule has 1 N–H and O–H groups in total. The van der Waals surface area contributed by atoms with Crippen LogP contribution in [0.15, 0.2) is 77.9 Å². The lowest BCUT2D eigenvalue weighted by Crippen LogP contribution is -2.38. The Labute approximate surface area is 210 Å². The molecule has 10 heteroatoms. The Bertz CT molecular complexity index is 1330. The summed E-state index contributed by atoms with van der Waals surface area (Å²) in [6, 6.07) is 18.3. The third-order valence-corrected chi connectivity index (χ3v) is 6.27. The Kier molecular flexibility index (Phi) is 6.77. The van der Waals surface area contributed by atoms with Crippen molar-refractivity contribution in [3.8, 4) is 0 Å². The number of hydrazone groups is 1. The molecule has 0 fully saturated rings. The van der Waals surface area contributed by atoms with Crippen molar-refractivity contribution < 1.29 is 27.5 Å². The molecule has 0 radical (unpaired) electrons. The zero-order valence-electron chi connectivity index (χ0n) is 19.3. The van der Waals surface area contributed by atoms with E-state index in [4.69, 9.17) is 11.6 Å². The summed E-state index contributed by atoms with van der Waals surface area (Å²) in [5.74, 6) is -0.504. The number of amides is 2. The van der Waals surface area contributed by atoms with Crippen LogP contribution in [0.3, 0.4) is 0 Å². The van der Waals surface area contributed by atoms with E-state index in [0.717, 1.165) is 11.6 Å². The molecule has 0 aromatic heterocycles. The molecule has 1 unspecified atom stereocenters. The first-order chi connectivity index (χ1) is 17.0. The molecule has 0 bridgehead atoms. The number of carbonyl (C=O) groups is 2. The van der Waals surface area contributed by atoms with Crippen molar-refractivity contribution in [1.29, 1.82) is 0 Å². The Hall–Kier alpha value is -3.85. The van der Waals surface area contributed by atoms with Gasteiger partial charge in [0.05, 0.1) is 40.9 Å². The van der Waals surface area contributed by atoms with E-state index in [2.05, 4.69) is 15.2 Å². The highest BCUT2D eigenvalue weighted by Gasteiger charge is 2.43. The number of nitrogens with zero attached hydrogens (tertiary/aromatic N) is 2. The number of anilines is 1. The minimum Gasteiger partial charge on any atom is -0.465 e. The van der Waals surface area contributed by atoms with E-state index in [0.29, 0.717) is 22.5 Å². The molecular weight excluding hydrogens is 495 g/mol. The predicted molar refractivity (Wildman–Crippen MR) is 130 cm³/mol. The van der Waals surface area contributed by atoms with Crippen molar-refractivity contribution in [1.82, 2.24) is 5.01 Å². The third-order valence-electron chi connectivity index (χ3n) is 5.96. The first kappa shape index (κ1) is 25.2. The van der Waals surface area contributed by atoms with Crippen LogP contribution in [-0.2, 0) is 16.3 Å². The van der Waals surface area contributed by atoms with Crippen LogP contribution in [-0.4, -0.2) is 36.4 Å². The van der Waals surface area contributed by atoms with Gasteiger partial charge in [0.15, 0.2) is 0 Å². The van der Waals surface area contributed by atoms with Crippen LogP contribution in [0.2, 0.25) is 5.02 Å². The number of hydrogen-bond acceptors (Lipinski definition) is 4. The largest absolute Gasteiger partial charge is 0.465 e. The van der Waals surface area contributed by atoms with Gasteiger partial charge >= 0.3 is 18.2 Å². The smallest absolute Gasteiger partial charge is 0.417 e. The second kappa shape index (κ2) is 9.66. The average Bonchev–Trinajstić information content (AvgIpc) is 3.22. The van der Waals surface area contributed by atoms with E-state index in [1.165, 1.54) is 36.4 Å². The number of nitrogens with one attached hydrogen (secondary N) is 1. The fourth-order valence-electron chi connectivity index (χ4n) is 4.06. The van der Waals surface area contributed by atoms with E-state index in [-0.39, 0.29) is 6.54 Å². The second-order valence-corrected chi connectivity index (χ2v) is 8.80. The summed E-state index contributed by atoms with van der Waals surface area (Å²) in [5, 5.41) is 7.99. The minimum absolute atomic E-state index is 0.136. The van der Waals surface area contributed by atoms with Gasteiger partial charge in [0.2, 0.25) is 0 Å². The molecule has 186 valence electrons. The number of urea groups is 1. The van der Waals surface area contributed by atoms with Gasteiger partial charge in [-0.3, -0.25) is 0 Å². The maximum Gasteiger partial charge on any atom is 0.417 e. The van der Waals surface area contributed by atoms with Crippen molar-refractivity contribution >= 4 is 35.0 Å². The van der Waals surface area contributed by atoms with E-state index in [9.17, 15) is 22.8 Å². The molecule has 3 aromatic rings. The lowest BCUT2D eigenvalue weighted by molar-refractivity contribution is -0.137. The highest BCUT2D eigenvalue weighted by Crippen LogP contribution is 2.39. The van der Waals surface area contributed by atoms with Crippen LogP contribution in [0, 0.1) is 0 Å². The monoisotopic (exact) mass is 515 g/mol. The van der Waals surface area contributed by atoms with Gasteiger partial charge in [0, 0.05) is 11.3 Å². The molecule has 1 aliphatic rings. The van der Waals surface area contributed by atoms with Crippen LogP contribution in [0.5, 0.6) is 0 Å². The molecule has 2 amide bonds. The number of halogens is 4. The van der Waals surface area contributed by atoms with Gasteiger partial charge in [0.25, 0.3) is 0 Å². The van der Waals surface area contributed by atoms with E-state index in [1.807, 2.05) is 37.3 Å². The van der Waals surface area contributed by atoms with Gasteiger partial charge < -0.3 is 10.1 Å². The van der Waals surface area contributed by atoms with Crippen LogP contribution in [0.4, 0.5) is 23.7 Å². The Morgan fingerprint density at radius 3 is 2.31 bits per heavy atom. The van der Waals surface area contributed by atoms with Crippen LogP contribution in [0.1, 0.15) is 34.0 Å². The SMILES string of the molecule is COC(=O)c1ccc(NC(=O)N2CC(C)(c3ccccc3)C(c3ccc(C(F)(F)F)c(Cl)c3)=N2)cc1. The Balaban J connectivity index is 1.67. The molecule has 0 saturated heterocycles. The molecule has 3 aromatic carbocycles. The molecular formula is C26H21ClF3N3O3. The normalized spacial score (nSPS) is 17.5. The number of benzene rings is 3. The topological polar surface area (TPSA) is 71.0 Å². The van der Waals surface area contributed by atoms with Crippen molar-refractivity contribution in [3.63, 3.8) is 0 Å². The number of esters is 1.